The summed E-state index contributed by atoms with van der Waals surface area (Å²) in [6.07, 6.45) is 1.89. The predicted octanol–water partition coefficient (Wildman–Crippen LogP) is 5.78. The summed E-state index contributed by atoms with van der Waals surface area (Å²) in [5.74, 6) is -0.169. The molecule has 1 atom stereocenters. The van der Waals surface area contributed by atoms with Gasteiger partial charge >= 0.3 is 0 Å². The summed E-state index contributed by atoms with van der Waals surface area (Å²) in [5.41, 5.74) is 3.75. The van der Waals surface area contributed by atoms with Gasteiger partial charge in [0.1, 0.15) is 18.2 Å². The molecule has 3 aromatic carbocycles. The minimum absolute atomic E-state index is 0.140. The molecule has 0 bridgehead atoms. The predicted molar refractivity (Wildman–Crippen MR) is 148 cm³/mol. The molecule has 2 amide bonds. The highest BCUT2D eigenvalue weighted by molar-refractivity contribution is 8.00. The third kappa shape index (κ3) is 4.81. The van der Waals surface area contributed by atoms with Crippen molar-refractivity contribution in [3.63, 3.8) is 0 Å². The normalized spacial score (nSPS) is 17.2. The lowest BCUT2D eigenvalue weighted by Gasteiger charge is -2.23. The van der Waals surface area contributed by atoms with E-state index in [1.165, 1.54) is 28.8 Å². The second-order valence-corrected chi connectivity index (χ2v) is 10.9. The van der Waals surface area contributed by atoms with Gasteiger partial charge in [0.15, 0.2) is 0 Å². The summed E-state index contributed by atoms with van der Waals surface area (Å²) in [4.78, 5) is 28.2. The number of carbonyl (C=O) groups is 2. The van der Waals surface area contributed by atoms with Gasteiger partial charge in [-0.05, 0) is 48.7 Å². The van der Waals surface area contributed by atoms with E-state index in [1.54, 1.807) is 16.8 Å². The van der Waals surface area contributed by atoms with Crippen molar-refractivity contribution in [3.05, 3.63) is 101 Å². The SMILES string of the molecule is O=C(CN1C(=O)CS[C@@H](c2ccccc2Cl)c2c(-c3ccccc3)nn(-c3ccc(F)cc3)c21)NC1CC1. The zero-order chi connectivity index (χ0) is 26.2. The van der Waals surface area contributed by atoms with E-state index in [0.717, 1.165) is 29.5 Å². The van der Waals surface area contributed by atoms with Crippen LogP contribution < -0.4 is 10.2 Å². The molecular formula is C29H24ClFN4O2S. The number of amides is 2. The van der Waals surface area contributed by atoms with Gasteiger partial charge in [-0.25, -0.2) is 9.07 Å². The molecule has 6 rings (SSSR count). The Bertz CT molecular complexity index is 1510. The summed E-state index contributed by atoms with van der Waals surface area (Å²) in [5, 5.41) is 8.23. The fourth-order valence-corrected chi connectivity index (χ4v) is 6.21. The second-order valence-electron chi connectivity index (χ2n) is 9.37. The fourth-order valence-electron chi connectivity index (χ4n) is 4.67. The Balaban J connectivity index is 1.61. The summed E-state index contributed by atoms with van der Waals surface area (Å²) >= 11 is 8.15. The topological polar surface area (TPSA) is 67.2 Å². The molecule has 0 unspecified atom stereocenters. The maximum Gasteiger partial charge on any atom is 0.240 e. The van der Waals surface area contributed by atoms with Crippen LogP contribution in [0.15, 0.2) is 78.9 Å². The Morgan fingerprint density at radius 3 is 2.45 bits per heavy atom. The molecule has 1 aliphatic carbocycles. The number of rotatable bonds is 6. The Morgan fingerprint density at radius 2 is 1.74 bits per heavy atom. The Kier molecular flexibility index (Phi) is 6.68. The average molecular weight is 547 g/mol. The first kappa shape index (κ1) is 24.7. The van der Waals surface area contributed by atoms with Crippen molar-refractivity contribution >= 4 is 41.0 Å². The van der Waals surface area contributed by atoms with E-state index < -0.39 is 0 Å². The molecular weight excluding hydrogens is 523 g/mol. The quantitative estimate of drug-likeness (QED) is 0.333. The first-order valence-electron chi connectivity index (χ1n) is 12.4. The Hall–Kier alpha value is -3.62. The zero-order valence-corrected chi connectivity index (χ0v) is 21.9. The third-order valence-corrected chi connectivity index (χ3v) is 8.22. The van der Waals surface area contributed by atoms with Gasteiger partial charge in [-0.1, -0.05) is 60.1 Å². The number of carbonyl (C=O) groups excluding carboxylic acids is 2. The Labute approximate surface area is 228 Å². The van der Waals surface area contributed by atoms with Crippen molar-refractivity contribution in [1.82, 2.24) is 15.1 Å². The van der Waals surface area contributed by atoms with E-state index >= 15 is 0 Å². The molecule has 9 heteroatoms. The monoisotopic (exact) mass is 546 g/mol. The van der Waals surface area contributed by atoms with Gasteiger partial charge in [0.25, 0.3) is 0 Å². The van der Waals surface area contributed by atoms with Crippen LogP contribution in [-0.2, 0) is 9.59 Å². The van der Waals surface area contributed by atoms with Crippen LogP contribution in [-0.4, -0.2) is 39.9 Å². The molecule has 38 heavy (non-hydrogen) atoms. The number of fused-ring (bicyclic) bond motifs is 1. The number of hydrogen-bond donors (Lipinski definition) is 1. The molecule has 1 fully saturated rings. The van der Waals surface area contributed by atoms with Gasteiger partial charge in [-0.3, -0.25) is 14.5 Å². The highest BCUT2D eigenvalue weighted by atomic mass is 35.5. The van der Waals surface area contributed by atoms with Crippen LogP contribution in [0.25, 0.3) is 16.9 Å². The molecule has 0 radical (unpaired) electrons. The van der Waals surface area contributed by atoms with E-state index in [9.17, 15) is 14.0 Å². The van der Waals surface area contributed by atoms with Gasteiger partial charge in [0, 0.05) is 22.2 Å². The number of halogens is 2. The van der Waals surface area contributed by atoms with Crippen LogP contribution in [0.5, 0.6) is 0 Å². The van der Waals surface area contributed by atoms with Crippen molar-refractivity contribution in [3.8, 4) is 16.9 Å². The van der Waals surface area contributed by atoms with Crippen LogP contribution in [0.1, 0.15) is 29.2 Å². The van der Waals surface area contributed by atoms with E-state index in [4.69, 9.17) is 16.7 Å². The largest absolute Gasteiger partial charge is 0.352 e. The summed E-state index contributed by atoms with van der Waals surface area (Å²) in [7, 11) is 0. The van der Waals surface area contributed by atoms with Crippen molar-refractivity contribution in [2.45, 2.75) is 24.1 Å². The molecule has 4 aromatic rings. The molecule has 6 nitrogen and oxygen atoms in total. The Morgan fingerprint density at radius 1 is 1.03 bits per heavy atom. The number of benzene rings is 3. The lowest BCUT2D eigenvalue weighted by molar-refractivity contribution is -0.123. The standard InChI is InChI=1S/C29H24ClFN4O2S/c30-23-9-5-4-8-22(23)28-26-27(18-6-2-1-3-7-18)33-35(21-14-10-19(31)11-15-21)29(26)34(25(37)17-38-28)16-24(36)32-20-12-13-20/h1-11,14-15,20,28H,12-13,16-17H2,(H,32,36)/t28-/m0/s1. The number of thioether (sulfide) groups is 1. The number of hydrogen-bond acceptors (Lipinski definition) is 4. The number of nitrogens with zero attached hydrogens (tertiary/aromatic N) is 3. The number of anilines is 1. The molecule has 1 N–H and O–H groups in total. The molecule has 192 valence electrons. The first-order chi connectivity index (χ1) is 18.5. The van der Waals surface area contributed by atoms with Crippen molar-refractivity contribution < 1.29 is 14.0 Å². The average Bonchev–Trinajstić information content (AvgIpc) is 3.68. The second kappa shape index (κ2) is 10.3. The molecule has 2 heterocycles. The lowest BCUT2D eigenvalue weighted by Crippen LogP contribution is -2.43. The maximum atomic E-state index is 13.9. The number of aromatic nitrogens is 2. The molecule has 0 saturated heterocycles. The summed E-state index contributed by atoms with van der Waals surface area (Å²) in [6, 6.07) is 23.4. The fraction of sp³-hybridized carbons (Fsp3) is 0.207. The minimum Gasteiger partial charge on any atom is -0.352 e. The maximum absolute atomic E-state index is 13.9. The zero-order valence-electron chi connectivity index (χ0n) is 20.3. The highest BCUT2D eigenvalue weighted by Gasteiger charge is 2.38. The summed E-state index contributed by atoms with van der Waals surface area (Å²) < 4.78 is 15.5. The van der Waals surface area contributed by atoms with E-state index in [1.807, 2.05) is 54.6 Å². The van der Waals surface area contributed by atoms with E-state index in [0.29, 0.717) is 22.2 Å². The first-order valence-corrected chi connectivity index (χ1v) is 13.8. The molecule has 2 aliphatic rings. The molecule has 1 aromatic heterocycles. The van der Waals surface area contributed by atoms with Crippen LogP contribution in [0, 0.1) is 5.82 Å². The van der Waals surface area contributed by atoms with Crippen molar-refractivity contribution in [2.24, 2.45) is 0 Å². The highest BCUT2D eigenvalue weighted by Crippen LogP contribution is 2.49. The van der Waals surface area contributed by atoms with Gasteiger partial charge in [-0.2, -0.15) is 5.10 Å². The van der Waals surface area contributed by atoms with Crippen LogP contribution in [0.2, 0.25) is 5.02 Å². The van der Waals surface area contributed by atoms with E-state index in [-0.39, 0.29) is 41.2 Å². The van der Waals surface area contributed by atoms with Crippen LogP contribution >= 0.6 is 23.4 Å². The van der Waals surface area contributed by atoms with E-state index in [2.05, 4.69) is 5.32 Å². The lowest BCUT2D eigenvalue weighted by atomic mass is 9.99. The number of nitrogens with one attached hydrogen (secondary N) is 1. The van der Waals surface area contributed by atoms with Crippen LogP contribution in [0.3, 0.4) is 0 Å². The minimum atomic E-state index is -0.378. The third-order valence-electron chi connectivity index (χ3n) is 6.64. The summed E-state index contributed by atoms with van der Waals surface area (Å²) in [6.45, 7) is -0.140. The van der Waals surface area contributed by atoms with Gasteiger partial charge in [-0.15, -0.1) is 11.8 Å². The van der Waals surface area contributed by atoms with Gasteiger partial charge in [0.2, 0.25) is 11.8 Å². The van der Waals surface area contributed by atoms with Crippen LogP contribution in [0.4, 0.5) is 10.2 Å². The van der Waals surface area contributed by atoms with Crippen molar-refractivity contribution in [1.29, 1.82) is 0 Å². The molecule has 1 aliphatic heterocycles. The van der Waals surface area contributed by atoms with Gasteiger partial charge < -0.3 is 5.32 Å². The molecule has 1 saturated carbocycles. The molecule has 0 spiro atoms. The smallest absolute Gasteiger partial charge is 0.240 e. The van der Waals surface area contributed by atoms with Gasteiger partial charge in [0.05, 0.1) is 22.4 Å². The van der Waals surface area contributed by atoms with Crippen molar-refractivity contribution in [2.75, 3.05) is 17.2 Å².